The predicted octanol–water partition coefficient (Wildman–Crippen LogP) is 3.25. The van der Waals surface area contributed by atoms with Gasteiger partial charge in [0.2, 0.25) is 0 Å². The summed E-state index contributed by atoms with van der Waals surface area (Å²) in [5, 5.41) is 5.68. The number of fused-ring (bicyclic) bond motifs is 1. The van der Waals surface area contributed by atoms with Crippen molar-refractivity contribution in [2.24, 2.45) is 5.92 Å². The molecule has 2 aromatic rings. The van der Waals surface area contributed by atoms with Gasteiger partial charge in [0.1, 0.15) is 10.7 Å². The number of aromatic nitrogens is 1. The minimum atomic E-state index is -0.553. The minimum Gasteiger partial charge on any atom is -0.455 e. The fraction of sp³-hybridized carbons (Fsp3) is 0.435. The van der Waals surface area contributed by atoms with E-state index >= 15 is 0 Å². The van der Waals surface area contributed by atoms with Crippen LogP contribution >= 0.6 is 11.3 Å². The summed E-state index contributed by atoms with van der Waals surface area (Å²) < 4.78 is 5.48. The number of hydrogen-bond acceptors (Lipinski definition) is 8. The Morgan fingerprint density at radius 1 is 1.22 bits per heavy atom. The van der Waals surface area contributed by atoms with Crippen LogP contribution in [0.15, 0.2) is 29.6 Å². The fourth-order valence-electron chi connectivity index (χ4n) is 3.69. The topological polar surface area (TPSA) is 106 Å². The summed E-state index contributed by atoms with van der Waals surface area (Å²) >= 11 is 1.29. The van der Waals surface area contributed by atoms with E-state index in [4.69, 9.17) is 4.74 Å². The standard InChI is InChI=1S/C23H27N3O5S/c1-14(2)19(11-20(31-15(3)28)21-25-16(12-27)13-32-21)24-9-6-10-26-22(29)17-7-4-5-8-18(17)23(26)30/h4-5,7-8,12-14,19-20,24H,6,9-11H2,1-3H3/t19-,20-/m1/s1. The summed E-state index contributed by atoms with van der Waals surface area (Å²) in [7, 11) is 0. The second kappa shape index (κ2) is 10.6. The van der Waals surface area contributed by atoms with Crippen molar-refractivity contribution in [3.05, 3.63) is 51.5 Å². The van der Waals surface area contributed by atoms with Gasteiger partial charge in [0.25, 0.3) is 11.8 Å². The molecular weight excluding hydrogens is 430 g/mol. The molecule has 2 heterocycles. The predicted molar refractivity (Wildman–Crippen MR) is 120 cm³/mol. The zero-order chi connectivity index (χ0) is 23.3. The van der Waals surface area contributed by atoms with Crippen LogP contribution in [0.25, 0.3) is 0 Å². The van der Waals surface area contributed by atoms with Crippen LogP contribution in [0.3, 0.4) is 0 Å². The first-order valence-corrected chi connectivity index (χ1v) is 11.5. The molecule has 0 saturated carbocycles. The lowest BCUT2D eigenvalue weighted by atomic mass is 9.97. The zero-order valence-electron chi connectivity index (χ0n) is 18.4. The Bertz CT molecular complexity index is 968. The van der Waals surface area contributed by atoms with Gasteiger partial charge in [-0.25, -0.2) is 4.98 Å². The molecule has 1 aliphatic heterocycles. The van der Waals surface area contributed by atoms with Crippen LogP contribution in [0.1, 0.15) is 75.9 Å². The van der Waals surface area contributed by atoms with Crippen molar-refractivity contribution in [1.29, 1.82) is 0 Å². The smallest absolute Gasteiger partial charge is 0.303 e. The van der Waals surface area contributed by atoms with Gasteiger partial charge in [-0.2, -0.15) is 0 Å². The number of carbonyl (C=O) groups excluding carboxylic acids is 4. The molecule has 2 amide bonds. The van der Waals surface area contributed by atoms with E-state index in [1.165, 1.54) is 23.2 Å². The number of nitrogens with one attached hydrogen (secondary N) is 1. The van der Waals surface area contributed by atoms with Gasteiger partial charge in [-0.05, 0) is 31.0 Å². The molecule has 8 nitrogen and oxygen atoms in total. The lowest BCUT2D eigenvalue weighted by molar-refractivity contribution is -0.147. The first-order chi connectivity index (χ1) is 15.3. The SMILES string of the molecule is CC(=O)O[C@H](C[C@@H](NCCCN1C(=O)c2ccccc2C1=O)C(C)C)c1nc(C=O)cs1. The number of rotatable bonds is 11. The molecule has 0 radical (unpaired) electrons. The van der Waals surface area contributed by atoms with Crippen molar-refractivity contribution in [2.75, 3.05) is 13.1 Å². The van der Waals surface area contributed by atoms with E-state index in [2.05, 4.69) is 24.1 Å². The maximum absolute atomic E-state index is 12.5. The summed E-state index contributed by atoms with van der Waals surface area (Å²) in [6.07, 6.45) is 1.21. The van der Waals surface area contributed by atoms with Crippen molar-refractivity contribution in [2.45, 2.75) is 45.8 Å². The average Bonchev–Trinajstić information content (AvgIpc) is 3.33. The van der Waals surface area contributed by atoms with Crippen LogP contribution in [0.4, 0.5) is 0 Å². The number of ether oxygens (including phenoxy) is 1. The summed E-state index contributed by atoms with van der Waals surface area (Å²) in [6, 6.07) is 6.86. The minimum absolute atomic E-state index is 0.00473. The average molecular weight is 458 g/mol. The Morgan fingerprint density at radius 2 is 1.88 bits per heavy atom. The number of nitrogens with zero attached hydrogens (tertiary/aromatic N) is 2. The first kappa shape index (κ1) is 23.7. The number of hydrogen-bond donors (Lipinski definition) is 1. The Balaban J connectivity index is 1.57. The third kappa shape index (κ3) is 5.46. The van der Waals surface area contributed by atoms with Gasteiger partial charge >= 0.3 is 5.97 Å². The van der Waals surface area contributed by atoms with Gasteiger partial charge in [0.15, 0.2) is 12.4 Å². The summed E-state index contributed by atoms with van der Waals surface area (Å²) in [5.74, 6) is -0.685. The molecule has 170 valence electrons. The highest BCUT2D eigenvalue weighted by molar-refractivity contribution is 7.09. The van der Waals surface area contributed by atoms with E-state index in [0.717, 1.165) is 0 Å². The lowest BCUT2D eigenvalue weighted by Gasteiger charge is -2.26. The summed E-state index contributed by atoms with van der Waals surface area (Å²) in [5.41, 5.74) is 1.22. The van der Waals surface area contributed by atoms with E-state index in [1.807, 2.05) is 0 Å². The van der Waals surface area contributed by atoms with Crippen LogP contribution in [0.2, 0.25) is 0 Å². The molecule has 1 aromatic heterocycles. The first-order valence-electron chi connectivity index (χ1n) is 10.6. The van der Waals surface area contributed by atoms with E-state index in [9.17, 15) is 19.2 Å². The number of carbonyl (C=O) groups is 4. The lowest BCUT2D eigenvalue weighted by Crippen LogP contribution is -2.38. The normalized spacial score (nSPS) is 15.1. The highest BCUT2D eigenvalue weighted by Gasteiger charge is 2.34. The van der Waals surface area contributed by atoms with Crippen LogP contribution in [0.5, 0.6) is 0 Å². The number of amides is 2. The van der Waals surface area contributed by atoms with Crippen LogP contribution < -0.4 is 5.32 Å². The largest absolute Gasteiger partial charge is 0.455 e. The number of imide groups is 1. The second-order valence-electron chi connectivity index (χ2n) is 8.03. The van der Waals surface area contributed by atoms with Crippen molar-refractivity contribution < 1.29 is 23.9 Å². The zero-order valence-corrected chi connectivity index (χ0v) is 19.2. The highest BCUT2D eigenvalue weighted by Crippen LogP contribution is 2.28. The molecule has 1 N–H and O–H groups in total. The molecule has 0 fully saturated rings. The van der Waals surface area contributed by atoms with Gasteiger partial charge in [-0.1, -0.05) is 26.0 Å². The van der Waals surface area contributed by atoms with Crippen molar-refractivity contribution >= 4 is 35.4 Å². The third-order valence-electron chi connectivity index (χ3n) is 5.36. The fourth-order valence-corrected chi connectivity index (χ4v) is 4.50. The van der Waals surface area contributed by atoms with E-state index in [0.29, 0.717) is 54.0 Å². The molecule has 9 heteroatoms. The molecule has 2 atom stereocenters. The summed E-state index contributed by atoms with van der Waals surface area (Å²) in [6.45, 7) is 6.38. The highest BCUT2D eigenvalue weighted by atomic mass is 32.1. The quantitative estimate of drug-likeness (QED) is 0.239. The monoisotopic (exact) mass is 457 g/mol. The third-order valence-corrected chi connectivity index (χ3v) is 6.32. The maximum atomic E-state index is 12.5. The second-order valence-corrected chi connectivity index (χ2v) is 8.92. The molecule has 0 aliphatic carbocycles. The Labute approximate surface area is 191 Å². The van der Waals surface area contributed by atoms with Gasteiger partial charge in [0.05, 0.1) is 11.1 Å². The van der Waals surface area contributed by atoms with Crippen molar-refractivity contribution in [1.82, 2.24) is 15.2 Å². The number of esters is 1. The van der Waals surface area contributed by atoms with Crippen molar-refractivity contribution in [3.63, 3.8) is 0 Å². The van der Waals surface area contributed by atoms with Gasteiger partial charge in [-0.3, -0.25) is 24.1 Å². The molecule has 0 spiro atoms. The van der Waals surface area contributed by atoms with Crippen LogP contribution in [0, 0.1) is 5.92 Å². The van der Waals surface area contributed by atoms with Crippen LogP contribution in [-0.2, 0) is 9.53 Å². The molecule has 1 aromatic carbocycles. The van der Waals surface area contributed by atoms with Crippen LogP contribution in [-0.4, -0.2) is 53.1 Å². The van der Waals surface area contributed by atoms with Crippen molar-refractivity contribution in [3.8, 4) is 0 Å². The molecule has 1 aliphatic rings. The molecule has 0 bridgehead atoms. The van der Waals surface area contributed by atoms with E-state index < -0.39 is 12.1 Å². The number of aldehydes is 1. The van der Waals surface area contributed by atoms with E-state index in [-0.39, 0.29) is 23.8 Å². The molecular formula is C23H27N3O5S. The van der Waals surface area contributed by atoms with E-state index in [1.54, 1.807) is 29.6 Å². The van der Waals surface area contributed by atoms with Gasteiger partial charge < -0.3 is 10.1 Å². The van der Waals surface area contributed by atoms with Gasteiger partial charge in [-0.15, -0.1) is 11.3 Å². The van der Waals surface area contributed by atoms with Gasteiger partial charge in [0, 0.05) is 31.3 Å². The Hall–Kier alpha value is -2.91. The molecule has 0 saturated heterocycles. The Morgan fingerprint density at radius 3 is 2.41 bits per heavy atom. The Kier molecular flexibility index (Phi) is 7.87. The molecule has 32 heavy (non-hydrogen) atoms. The number of thiazole rings is 1. The number of benzene rings is 1. The maximum Gasteiger partial charge on any atom is 0.303 e. The molecule has 0 unspecified atom stereocenters. The molecule has 3 rings (SSSR count). The summed E-state index contributed by atoms with van der Waals surface area (Å²) in [4.78, 5) is 53.1.